The molecule has 1 heterocycles. The van der Waals surface area contributed by atoms with E-state index in [1.165, 1.54) is 24.1 Å². The van der Waals surface area contributed by atoms with Gasteiger partial charge in [-0.15, -0.1) is 0 Å². The Balaban J connectivity index is 2.11. The van der Waals surface area contributed by atoms with E-state index in [1.807, 2.05) is 35.0 Å². The smallest absolute Gasteiger partial charge is 0.130 e. The van der Waals surface area contributed by atoms with Gasteiger partial charge in [-0.05, 0) is 31.4 Å². The first-order valence-corrected chi connectivity index (χ1v) is 6.24. The summed E-state index contributed by atoms with van der Waals surface area (Å²) in [6, 6.07) is 10.1. The lowest BCUT2D eigenvalue weighted by atomic mass is 10.1. The summed E-state index contributed by atoms with van der Waals surface area (Å²) in [5, 5.41) is 4.70. The van der Waals surface area contributed by atoms with Gasteiger partial charge in [0, 0.05) is 11.5 Å². The van der Waals surface area contributed by atoms with Crippen molar-refractivity contribution in [3.63, 3.8) is 0 Å². The molecular weight excluding hydrogens is 210 g/mol. The van der Waals surface area contributed by atoms with Gasteiger partial charge in [-0.3, -0.25) is 0 Å². The van der Waals surface area contributed by atoms with Gasteiger partial charge in [-0.1, -0.05) is 25.1 Å². The van der Waals surface area contributed by atoms with Crippen molar-refractivity contribution in [2.75, 3.05) is 5.73 Å². The number of nitrogens with zero attached hydrogens (tertiary/aromatic N) is 2. The first kappa shape index (κ1) is 10.4. The summed E-state index contributed by atoms with van der Waals surface area (Å²) in [6.45, 7) is 2.15. The lowest BCUT2D eigenvalue weighted by molar-refractivity contribution is 0.843. The standard InChI is InChI=1S/C14H17N3/c1-2-12-13(10-8-9-10)16-17(14(12)15)11-6-4-3-5-7-11/h3-7,10H,2,8-9,15H2,1H3. The zero-order valence-corrected chi connectivity index (χ0v) is 10.1. The minimum Gasteiger partial charge on any atom is -0.383 e. The number of hydrogen-bond donors (Lipinski definition) is 1. The molecule has 2 N–H and O–H groups in total. The SMILES string of the molecule is CCc1c(C2CC2)nn(-c2ccccc2)c1N. The average molecular weight is 227 g/mol. The largest absolute Gasteiger partial charge is 0.383 e. The van der Waals surface area contributed by atoms with E-state index in [0.29, 0.717) is 5.92 Å². The van der Waals surface area contributed by atoms with E-state index in [2.05, 4.69) is 6.92 Å². The predicted molar refractivity (Wildman–Crippen MR) is 69.3 cm³/mol. The van der Waals surface area contributed by atoms with E-state index in [-0.39, 0.29) is 0 Å². The maximum Gasteiger partial charge on any atom is 0.130 e. The Morgan fingerprint density at radius 1 is 1.29 bits per heavy atom. The van der Waals surface area contributed by atoms with Gasteiger partial charge in [0.1, 0.15) is 5.82 Å². The lowest BCUT2D eigenvalue weighted by Crippen LogP contribution is -2.02. The van der Waals surface area contributed by atoms with Crippen LogP contribution in [0.5, 0.6) is 0 Å². The summed E-state index contributed by atoms with van der Waals surface area (Å²) in [6.07, 6.45) is 3.49. The van der Waals surface area contributed by atoms with E-state index in [1.54, 1.807) is 0 Å². The first-order chi connectivity index (χ1) is 8.31. The van der Waals surface area contributed by atoms with Crippen LogP contribution in [0.1, 0.15) is 36.9 Å². The number of hydrogen-bond acceptors (Lipinski definition) is 2. The third kappa shape index (κ3) is 1.71. The van der Waals surface area contributed by atoms with Crippen LogP contribution in [0.15, 0.2) is 30.3 Å². The summed E-state index contributed by atoms with van der Waals surface area (Å²) in [4.78, 5) is 0. The van der Waals surface area contributed by atoms with Gasteiger partial charge >= 0.3 is 0 Å². The Morgan fingerprint density at radius 2 is 2.00 bits per heavy atom. The number of anilines is 1. The molecule has 2 aromatic rings. The Morgan fingerprint density at radius 3 is 2.59 bits per heavy atom. The molecule has 0 spiro atoms. The quantitative estimate of drug-likeness (QED) is 0.876. The highest BCUT2D eigenvalue weighted by Gasteiger charge is 2.30. The van der Waals surface area contributed by atoms with Crippen molar-refractivity contribution >= 4 is 5.82 Å². The molecule has 88 valence electrons. The van der Waals surface area contributed by atoms with Gasteiger partial charge in [0.05, 0.1) is 11.4 Å². The lowest BCUT2D eigenvalue weighted by Gasteiger charge is -2.03. The Labute approximate surface area is 101 Å². The van der Waals surface area contributed by atoms with Crippen LogP contribution in [-0.4, -0.2) is 9.78 Å². The normalized spacial score (nSPS) is 15.1. The van der Waals surface area contributed by atoms with E-state index in [0.717, 1.165) is 17.9 Å². The van der Waals surface area contributed by atoms with Crippen molar-refractivity contribution in [2.24, 2.45) is 0 Å². The monoisotopic (exact) mass is 227 g/mol. The van der Waals surface area contributed by atoms with Crippen LogP contribution in [-0.2, 0) is 6.42 Å². The van der Waals surface area contributed by atoms with Crippen LogP contribution in [0, 0.1) is 0 Å². The fraction of sp³-hybridized carbons (Fsp3) is 0.357. The third-order valence-electron chi connectivity index (χ3n) is 3.37. The zero-order valence-electron chi connectivity index (χ0n) is 10.1. The summed E-state index contributed by atoms with van der Waals surface area (Å²) in [7, 11) is 0. The minimum atomic E-state index is 0.650. The minimum absolute atomic E-state index is 0.650. The predicted octanol–water partition coefficient (Wildman–Crippen LogP) is 2.89. The van der Waals surface area contributed by atoms with Crippen molar-refractivity contribution in [1.82, 2.24) is 9.78 Å². The summed E-state index contributed by atoms with van der Waals surface area (Å²) < 4.78 is 1.88. The van der Waals surface area contributed by atoms with Crippen LogP contribution in [0.25, 0.3) is 5.69 Å². The van der Waals surface area contributed by atoms with Crippen molar-refractivity contribution in [2.45, 2.75) is 32.1 Å². The topological polar surface area (TPSA) is 43.8 Å². The van der Waals surface area contributed by atoms with Gasteiger partial charge < -0.3 is 5.73 Å². The molecule has 0 saturated heterocycles. The van der Waals surface area contributed by atoms with Gasteiger partial charge in [-0.2, -0.15) is 5.10 Å². The molecule has 1 aromatic heterocycles. The van der Waals surface area contributed by atoms with Gasteiger partial charge in [0.2, 0.25) is 0 Å². The summed E-state index contributed by atoms with van der Waals surface area (Å²) in [5.74, 6) is 1.46. The molecular formula is C14H17N3. The van der Waals surface area contributed by atoms with Crippen molar-refractivity contribution in [1.29, 1.82) is 0 Å². The number of para-hydroxylation sites is 1. The molecule has 0 atom stereocenters. The van der Waals surface area contributed by atoms with E-state index >= 15 is 0 Å². The maximum atomic E-state index is 6.21. The molecule has 0 aliphatic heterocycles. The van der Waals surface area contributed by atoms with Crippen LogP contribution in [0.4, 0.5) is 5.82 Å². The van der Waals surface area contributed by atoms with Gasteiger partial charge in [0.15, 0.2) is 0 Å². The van der Waals surface area contributed by atoms with E-state index in [9.17, 15) is 0 Å². The number of aromatic nitrogens is 2. The highest BCUT2D eigenvalue weighted by atomic mass is 15.3. The van der Waals surface area contributed by atoms with Gasteiger partial charge in [0.25, 0.3) is 0 Å². The van der Waals surface area contributed by atoms with Crippen LogP contribution < -0.4 is 5.73 Å². The molecule has 3 nitrogen and oxygen atoms in total. The molecule has 1 saturated carbocycles. The molecule has 1 aliphatic carbocycles. The van der Waals surface area contributed by atoms with Crippen LogP contribution in [0.2, 0.25) is 0 Å². The molecule has 3 rings (SSSR count). The molecule has 0 unspecified atom stereocenters. The molecule has 17 heavy (non-hydrogen) atoms. The number of nitrogen functional groups attached to an aromatic ring is 1. The molecule has 1 aliphatic rings. The second kappa shape index (κ2) is 3.91. The first-order valence-electron chi connectivity index (χ1n) is 6.24. The zero-order chi connectivity index (χ0) is 11.8. The van der Waals surface area contributed by atoms with Crippen LogP contribution >= 0.6 is 0 Å². The number of benzene rings is 1. The van der Waals surface area contributed by atoms with Gasteiger partial charge in [-0.25, -0.2) is 4.68 Å². The van der Waals surface area contributed by atoms with Crippen molar-refractivity contribution < 1.29 is 0 Å². The number of rotatable bonds is 3. The second-order valence-electron chi connectivity index (χ2n) is 4.62. The second-order valence-corrected chi connectivity index (χ2v) is 4.62. The van der Waals surface area contributed by atoms with Crippen LogP contribution in [0.3, 0.4) is 0 Å². The fourth-order valence-corrected chi connectivity index (χ4v) is 2.29. The summed E-state index contributed by atoms with van der Waals surface area (Å²) >= 11 is 0. The molecule has 3 heteroatoms. The fourth-order valence-electron chi connectivity index (χ4n) is 2.29. The Hall–Kier alpha value is -1.77. The molecule has 1 aromatic carbocycles. The average Bonchev–Trinajstić information content (AvgIpc) is 3.15. The van der Waals surface area contributed by atoms with Crippen molar-refractivity contribution in [3.8, 4) is 5.69 Å². The summed E-state index contributed by atoms with van der Waals surface area (Å²) in [5.41, 5.74) is 9.71. The molecule has 0 bridgehead atoms. The molecule has 1 fully saturated rings. The Kier molecular flexibility index (Phi) is 2.39. The molecule has 0 amide bonds. The molecule has 0 radical (unpaired) electrons. The Bertz CT molecular complexity index is 524. The van der Waals surface area contributed by atoms with E-state index < -0.39 is 0 Å². The third-order valence-corrected chi connectivity index (χ3v) is 3.37. The maximum absolute atomic E-state index is 6.21. The highest BCUT2D eigenvalue weighted by molar-refractivity contribution is 5.51. The highest BCUT2D eigenvalue weighted by Crippen LogP contribution is 2.42. The number of nitrogens with two attached hydrogens (primary N) is 1. The van der Waals surface area contributed by atoms with E-state index in [4.69, 9.17) is 10.8 Å². The van der Waals surface area contributed by atoms with Crippen molar-refractivity contribution in [3.05, 3.63) is 41.6 Å².